The zero-order valence-electron chi connectivity index (χ0n) is 17.5. The van der Waals surface area contributed by atoms with Gasteiger partial charge in [-0.25, -0.2) is 17.2 Å². The Hall–Kier alpha value is -3.26. The molecule has 1 aliphatic heterocycles. The van der Waals surface area contributed by atoms with Crippen molar-refractivity contribution in [3.63, 3.8) is 0 Å². The van der Waals surface area contributed by atoms with Gasteiger partial charge in [0, 0.05) is 38.0 Å². The number of rotatable bonds is 4. The molecule has 1 aliphatic rings. The average Bonchev–Trinajstić information content (AvgIpc) is 2.78. The van der Waals surface area contributed by atoms with Gasteiger partial charge in [-0.05, 0) is 47.5 Å². The summed E-state index contributed by atoms with van der Waals surface area (Å²) < 4.78 is 52.1. The van der Waals surface area contributed by atoms with Crippen LogP contribution in [-0.2, 0) is 9.84 Å². The number of carbonyl (C=O) groups is 1. The molecule has 0 radical (unpaired) electrons. The van der Waals surface area contributed by atoms with Gasteiger partial charge in [0.05, 0.1) is 10.6 Å². The number of hydrogen-bond acceptors (Lipinski definition) is 4. The lowest BCUT2D eigenvalue weighted by Gasteiger charge is -2.36. The zero-order chi connectivity index (χ0) is 22.9. The second kappa shape index (κ2) is 8.70. The van der Waals surface area contributed by atoms with Crippen LogP contribution in [0.15, 0.2) is 71.6 Å². The Morgan fingerprint density at radius 1 is 0.875 bits per heavy atom. The van der Waals surface area contributed by atoms with Crippen molar-refractivity contribution < 1.29 is 22.0 Å². The van der Waals surface area contributed by atoms with Crippen molar-refractivity contribution in [1.29, 1.82) is 0 Å². The zero-order valence-corrected chi connectivity index (χ0v) is 18.3. The van der Waals surface area contributed by atoms with E-state index in [1.54, 1.807) is 29.2 Å². The normalized spacial score (nSPS) is 14.5. The van der Waals surface area contributed by atoms with E-state index < -0.39 is 15.7 Å². The Labute approximate surface area is 185 Å². The number of anilines is 1. The minimum Gasteiger partial charge on any atom is -0.366 e. The second-order valence-electron chi connectivity index (χ2n) is 7.72. The molecule has 8 heteroatoms. The Morgan fingerprint density at radius 2 is 1.59 bits per heavy atom. The van der Waals surface area contributed by atoms with E-state index >= 15 is 0 Å². The van der Waals surface area contributed by atoms with Crippen LogP contribution in [0.2, 0.25) is 0 Å². The first-order chi connectivity index (χ1) is 15.2. The molecule has 3 aromatic rings. The van der Waals surface area contributed by atoms with Crippen molar-refractivity contribution >= 4 is 21.4 Å². The van der Waals surface area contributed by atoms with E-state index in [9.17, 15) is 22.0 Å². The van der Waals surface area contributed by atoms with Crippen LogP contribution < -0.4 is 4.90 Å². The van der Waals surface area contributed by atoms with Gasteiger partial charge >= 0.3 is 0 Å². The summed E-state index contributed by atoms with van der Waals surface area (Å²) in [5.74, 6) is -1.11. The molecule has 166 valence electrons. The molecule has 0 unspecified atom stereocenters. The number of carbonyl (C=O) groups excluding carboxylic acids is 1. The highest BCUT2D eigenvalue weighted by molar-refractivity contribution is 7.90. The third-order valence-electron chi connectivity index (χ3n) is 5.55. The van der Waals surface area contributed by atoms with E-state index in [0.29, 0.717) is 43.0 Å². The maximum absolute atomic E-state index is 14.1. The van der Waals surface area contributed by atoms with E-state index in [1.165, 1.54) is 42.5 Å². The van der Waals surface area contributed by atoms with Crippen molar-refractivity contribution in [1.82, 2.24) is 4.90 Å². The lowest BCUT2D eigenvalue weighted by molar-refractivity contribution is 0.0747. The lowest BCUT2D eigenvalue weighted by Crippen LogP contribution is -2.49. The van der Waals surface area contributed by atoms with E-state index in [1.807, 2.05) is 4.90 Å². The largest absolute Gasteiger partial charge is 0.366 e. The summed E-state index contributed by atoms with van der Waals surface area (Å²) in [6.07, 6.45) is 1.08. The van der Waals surface area contributed by atoms with Crippen LogP contribution in [0.5, 0.6) is 0 Å². The fraction of sp³-hybridized carbons (Fsp3) is 0.208. The van der Waals surface area contributed by atoms with Gasteiger partial charge in [0.2, 0.25) is 0 Å². The van der Waals surface area contributed by atoms with E-state index in [4.69, 9.17) is 0 Å². The van der Waals surface area contributed by atoms with Crippen molar-refractivity contribution in [2.24, 2.45) is 0 Å². The Bertz CT molecular complexity index is 1270. The first kappa shape index (κ1) is 22.0. The monoisotopic (exact) mass is 456 g/mol. The van der Waals surface area contributed by atoms with Crippen LogP contribution in [0, 0.1) is 11.6 Å². The van der Waals surface area contributed by atoms with Gasteiger partial charge in [-0.1, -0.05) is 30.3 Å². The third kappa shape index (κ3) is 4.50. The molecular formula is C24H22F2N2O3S. The summed E-state index contributed by atoms with van der Waals surface area (Å²) in [5, 5.41) is 0. The smallest absolute Gasteiger partial charge is 0.254 e. The summed E-state index contributed by atoms with van der Waals surface area (Å²) in [6.45, 7) is 1.57. The van der Waals surface area contributed by atoms with Crippen LogP contribution in [-0.4, -0.2) is 51.7 Å². The third-order valence-corrected chi connectivity index (χ3v) is 6.66. The van der Waals surface area contributed by atoms with E-state index in [2.05, 4.69) is 0 Å². The fourth-order valence-corrected chi connectivity index (χ4v) is 4.51. The molecule has 1 fully saturated rings. The van der Waals surface area contributed by atoms with Crippen molar-refractivity contribution in [2.75, 3.05) is 37.3 Å². The van der Waals surface area contributed by atoms with Crippen molar-refractivity contribution in [3.8, 4) is 11.1 Å². The fourth-order valence-electron chi connectivity index (χ4n) is 3.87. The van der Waals surface area contributed by atoms with Gasteiger partial charge in [0.1, 0.15) is 11.6 Å². The number of nitrogens with zero attached hydrogens (tertiary/aromatic N) is 2. The average molecular weight is 457 g/mol. The van der Waals surface area contributed by atoms with Crippen molar-refractivity contribution in [2.45, 2.75) is 4.90 Å². The number of hydrogen-bond donors (Lipinski definition) is 0. The molecule has 1 heterocycles. The Kier molecular flexibility index (Phi) is 5.97. The van der Waals surface area contributed by atoms with E-state index in [-0.39, 0.29) is 22.2 Å². The number of halogens is 2. The Balaban J connectivity index is 1.65. The molecule has 32 heavy (non-hydrogen) atoms. The highest BCUT2D eigenvalue weighted by Gasteiger charge is 2.26. The van der Waals surface area contributed by atoms with Gasteiger partial charge in [-0.15, -0.1) is 0 Å². The molecule has 4 rings (SSSR count). The highest BCUT2D eigenvalue weighted by atomic mass is 32.2. The van der Waals surface area contributed by atoms with Crippen LogP contribution in [0.3, 0.4) is 0 Å². The topological polar surface area (TPSA) is 57.7 Å². The number of para-hydroxylation sites is 1. The van der Waals surface area contributed by atoms with E-state index in [0.717, 1.165) is 6.26 Å². The molecule has 1 saturated heterocycles. The molecule has 3 aromatic carbocycles. The van der Waals surface area contributed by atoms with Crippen LogP contribution in [0.1, 0.15) is 10.4 Å². The summed E-state index contributed by atoms with van der Waals surface area (Å²) in [4.78, 5) is 16.9. The highest BCUT2D eigenvalue weighted by Crippen LogP contribution is 2.29. The first-order valence-electron chi connectivity index (χ1n) is 10.1. The molecule has 1 amide bonds. The summed E-state index contributed by atoms with van der Waals surface area (Å²) in [7, 11) is -3.54. The maximum atomic E-state index is 14.1. The van der Waals surface area contributed by atoms with Crippen molar-refractivity contribution in [3.05, 3.63) is 83.9 Å². The molecule has 0 spiro atoms. The molecule has 0 N–H and O–H groups in total. The molecule has 0 atom stereocenters. The quantitative estimate of drug-likeness (QED) is 0.596. The molecule has 0 aliphatic carbocycles. The summed E-state index contributed by atoms with van der Waals surface area (Å²) in [6, 6.07) is 16.6. The summed E-state index contributed by atoms with van der Waals surface area (Å²) >= 11 is 0. The van der Waals surface area contributed by atoms with Gasteiger partial charge in [0.25, 0.3) is 5.91 Å². The van der Waals surface area contributed by atoms with Crippen LogP contribution in [0.4, 0.5) is 14.5 Å². The standard InChI is InChI=1S/C24H22F2N2O3S/c1-32(30,31)19-9-10-20(17-5-4-6-18(25)15-17)21(16-19)24(29)28-13-11-27(12-14-28)23-8-3-2-7-22(23)26/h2-10,15-16H,11-14H2,1H3. The SMILES string of the molecule is CS(=O)(=O)c1ccc(-c2cccc(F)c2)c(C(=O)N2CCN(c3ccccc3F)CC2)c1. The minimum atomic E-state index is -3.54. The maximum Gasteiger partial charge on any atom is 0.254 e. The summed E-state index contributed by atoms with van der Waals surface area (Å²) in [5.41, 5.74) is 1.62. The number of piperazine rings is 1. The van der Waals surface area contributed by atoms with Gasteiger partial charge in [-0.3, -0.25) is 4.79 Å². The number of amides is 1. The van der Waals surface area contributed by atoms with Crippen LogP contribution in [0.25, 0.3) is 11.1 Å². The molecule has 0 bridgehead atoms. The molecule has 5 nitrogen and oxygen atoms in total. The lowest BCUT2D eigenvalue weighted by atomic mass is 9.98. The predicted octanol–water partition coefficient (Wildman–Crippen LogP) is 4.00. The second-order valence-corrected chi connectivity index (χ2v) is 9.74. The molecular weight excluding hydrogens is 434 g/mol. The Morgan fingerprint density at radius 3 is 2.25 bits per heavy atom. The first-order valence-corrected chi connectivity index (χ1v) is 12.0. The van der Waals surface area contributed by atoms with Gasteiger partial charge in [-0.2, -0.15) is 0 Å². The minimum absolute atomic E-state index is 0.0194. The molecule has 0 saturated carbocycles. The van der Waals surface area contributed by atoms with Gasteiger partial charge < -0.3 is 9.80 Å². The van der Waals surface area contributed by atoms with Crippen LogP contribution >= 0.6 is 0 Å². The van der Waals surface area contributed by atoms with Gasteiger partial charge in [0.15, 0.2) is 9.84 Å². The predicted molar refractivity (Wildman–Crippen MR) is 119 cm³/mol. The number of benzene rings is 3. The molecule has 0 aromatic heterocycles. The number of sulfone groups is 1.